The van der Waals surface area contributed by atoms with Crippen LogP contribution in [0.25, 0.3) is 21.8 Å². The average Bonchev–Trinajstić information content (AvgIpc) is 2.95. The van der Waals surface area contributed by atoms with E-state index >= 15 is 0 Å². The summed E-state index contributed by atoms with van der Waals surface area (Å²) in [6, 6.07) is 12.8. The van der Waals surface area contributed by atoms with Gasteiger partial charge in [0.1, 0.15) is 11.5 Å². The zero-order valence-electron chi connectivity index (χ0n) is 25.1. The molecule has 4 aromatic rings. The fourth-order valence-electron chi connectivity index (χ4n) is 5.19. The van der Waals surface area contributed by atoms with E-state index in [9.17, 15) is 30.0 Å². The van der Waals surface area contributed by atoms with Gasteiger partial charge in [0.2, 0.25) is 11.1 Å². The molecule has 0 bridgehead atoms. The van der Waals surface area contributed by atoms with Crippen LogP contribution in [-0.2, 0) is 0 Å². The standard InChI is InChI=1S/2C16H22N2O3/c2*1-4-12(17-9(2)3)16(21)11-5-7-13(19)15-10(11)6-8-14(20)18-15/h2*5-9,12,16-17,19,21H,4H2,1-3H3,(H,18,20)/t2*12-,16+/m10/s1. The van der Waals surface area contributed by atoms with Crippen molar-refractivity contribution in [3.63, 3.8) is 0 Å². The zero-order valence-corrected chi connectivity index (χ0v) is 25.1. The smallest absolute Gasteiger partial charge is 0.248 e. The molecule has 0 amide bonds. The Kier molecular flexibility index (Phi) is 11.3. The van der Waals surface area contributed by atoms with Gasteiger partial charge < -0.3 is 41.0 Å². The first-order valence-corrected chi connectivity index (χ1v) is 14.5. The van der Waals surface area contributed by atoms with Gasteiger partial charge >= 0.3 is 0 Å². The minimum absolute atomic E-state index is 0.00326. The Labute approximate surface area is 245 Å². The van der Waals surface area contributed by atoms with Gasteiger partial charge in [-0.15, -0.1) is 0 Å². The molecule has 10 nitrogen and oxygen atoms in total. The SMILES string of the molecule is CC[C@@H](NC(C)C)[C@@H](O)c1ccc(O)c2[nH]c(=O)ccc12.CC[C@H](NC(C)C)[C@H](O)c1ccc(O)c2[nH]c(=O)ccc12. The molecule has 0 radical (unpaired) electrons. The second-order valence-electron chi connectivity index (χ2n) is 11.1. The predicted molar refractivity (Wildman–Crippen MR) is 167 cm³/mol. The average molecular weight is 581 g/mol. The lowest BCUT2D eigenvalue weighted by atomic mass is 9.95. The molecule has 42 heavy (non-hydrogen) atoms. The van der Waals surface area contributed by atoms with Crippen LogP contribution in [0, 0.1) is 0 Å². The van der Waals surface area contributed by atoms with E-state index in [1.54, 1.807) is 24.3 Å². The van der Waals surface area contributed by atoms with Gasteiger partial charge in [-0.3, -0.25) is 9.59 Å². The fraction of sp³-hybridized carbons (Fsp3) is 0.438. The molecule has 2 heterocycles. The lowest BCUT2D eigenvalue weighted by Crippen LogP contribution is -2.39. The highest BCUT2D eigenvalue weighted by Gasteiger charge is 2.23. The van der Waals surface area contributed by atoms with E-state index in [4.69, 9.17) is 0 Å². The first-order valence-electron chi connectivity index (χ1n) is 14.5. The van der Waals surface area contributed by atoms with E-state index in [0.29, 0.717) is 32.9 Å². The minimum atomic E-state index is -0.716. The summed E-state index contributed by atoms with van der Waals surface area (Å²) in [6.07, 6.45) is 0.105. The van der Waals surface area contributed by atoms with Gasteiger partial charge in [0.15, 0.2) is 0 Å². The molecule has 0 saturated carbocycles. The molecule has 0 aliphatic rings. The summed E-state index contributed by atoms with van der Waals surface area (Å²) in [6.45, 7) is 12.1. The first kappa shape index (κ1) is 32.8. The third-order valence-electron chi connectivity index (χ3n) is 7.19. The fourth-order valence-corrected chi connectivity index (χ4v) is 5.19. The predicted octanol–water partition coefficient (Wildman–Crippen LogP) is 4.09. The van der Waals surface area contributed by atoms with Gasteiger partial charge in [0.25, 0.3) is 0 Å². The summed E-state index contributed by atoms with van der Waals surface area (Å²) in [4.78, 5) is 28.0. The van der Waals surface area contributed by atoms with Crippen molar-refractivity contribution >= 4 is 21.8 Å². The Morgan fingerprint density at radius 3 is 1.29 bits per heavy atom. The summed E-state index contributed by atoms with van der Waals surface area (Å²) in [5.41, 5.74) is 1.54. The van der Waals surface area contributed by atoms with Crippen molar-refractivity contribution in [1.82, 2.24) is 20.6 Å². The lowest BCUT2D eigenvalue weighted by molar-refractivity contribution is 0.122. The van der Waals surface area contributed by atoms with E-state index in [0.717, 1.165) is 12.8 Å². The number of phenolic OH excluding ortho intramolecular Hbond substituents is 2. The number of aromatic nitrogens is 2. The van der Waals surface area contributed by atoms with Gasteiger partial charge in [0.05, 0.1) is 23.2 Å². The zero-order chi connectivity index (χ0) is 31.1. The Balaban J connectivity index is 0.000000230. The highest BCUT2D eigenvalue weighted by molar-refractivity contribution is 5.88. The van der Waals surface area contributed by atoms with Gasteiger partial charge in [-0.25, -0.2) is 0 Å². The number of rotatable bonds is 10. The van der Waals surface area contributed by atoms with Gasteiger partial charge in [0, 0.05) is 47.1 Å². The van der Waals surface area contributed by atoms with Crippen molar-refractivity contribution in [2.45, 2.75) is 90.8 Å². The molecule has 2 aromatic carbocycles. The second-order valence-corrected chi connectivity index (χ2v) is 11.1. The molecule has 0 spiro atoms. The summed E-state index contributed by atoms with van der Waals surface area (Å²) >= 11 is 0. The third-order valence-corrected chi connectivity index (χ3v) is 7.19. The van der Waals surface area contributed by atoms with Crippen LogP contribution >= 0.6 is 0 Å². The Morgan fingerprint density at radius 1 is 0.619 bits per heavy atom. The molecule has 4 atom stereocenters. The van der Waals surface area contributed by atoms with Crippen LogP contribution in [0.15, 0.2) is 58.1 Å². The van der Waals surface area contributed by atoms with Crippen LogP contribution < -0.4 is 21.8 Å². The van der Waals surface area contributed by atoms with Crippen LogP contribution in [0.1, 0.15) is 77.7 Å². The highest BCUT2D eigenvalue weighted by Crippen LogP contribution is 2.32. The minimum Gasteiger partial charge on any atom is -0.506 e. The van der Waals surface area contributed by atoms with E-state index in [2.05, 4.69) is 20.6 Å². The molecule has 0 saturated heterocycles. The molecule has 0 unspecified atom stereocenters. The number of phenols is 2. The van der Waals surface area contributed by atoms with E-state index < -0.39 is 12.2 Å². The molecule has 2 aromatic heterocycles. The number of nitrogens with one attached hydrogen (secondary N) is 4. The number of aromatic hydroxyl groups is 2. The van der Waals surface area contributed by atoms with Crippen molar-refractivity contribution in [1.29, 1.82) is 0 Å². The summed E-state index contributed by atoms with van der Waals surface area (Å²) < 4.78 is 0. The Morgan fingerprint density at radius 2 is 0.976 bits per heavy atom. The van der Waals surface area contributed by atoms with E-state index in [-0.39, 0.29) is 46.8 Å². The van der Waals surface area contributed by atoms with Gasteiger partial charge in [-0.2, -0.15) is 0 Å². The third kappa shape index (κ3) is 7.77. The van der Waals surface area contributed by atoms with Crippen molar-refractivity contribution in [3.05, 3.63) is 80.4 Å². The highest BCUT2D eigenvalue weighted by atomic mass is 16.3. The molecule has 4 rings (SSSR count). The summed E-state index contributed by atoms with van der Waals surface area (Å²) in [7, 11) is 0. The number of fused-ring (bicyclic) bond motifs is 2. The number of pyridine rings is 2. The normalized spacial score (nSPS) is 14.5. The number of aliphatic hydroxyl groups is 2. The van der Waals surface area contributed by atoms with Crippen LogP contribution in [-0.4, -0.2) is 54.6 Å². The molecular formula is C32H44N4O6. The monoisotopic (exact) mass is 580 g/mol. The maximum Gasteiger partial charge on any atom is 0.248 e. The number of benzene rings is 2. The molecule has 0 fully saturated rings. The number of hydrogen-bond acceptors (Lipinski definition) is 8. The van der Waals surface area contributed by atoms with Crippen LogP contribution in [0.3, 0.4) is 0 Å². The van der Waals surface area contributed by atoms with Gasteiger partial charge in [-0.1, -0.05) is 53.7 Å². The quantitative estimate of drug-likeness (QED) is 0.139. The maximum atomic E-state index is 11.4. The Hall–Kier alpha value is -3.70. The molecule has 0 aliphatic carbocycles. The van der Waals surface area contributed by atoms with Crippen molar-refractivity contribution in [2.24, 2.45) is 0 Å². The molecule has 228 valence electrons. The molecular weight excluding hydrogens is 536 g/mol. The first-order chi connectivity index (χ1) is 19.9. The summed E-state index contributed by atoms with van der Waals surface area (Å²) in [5.74, 6) is 0.00651. The van der Waals surface area contributed by atoms with Crippen molar-refractivity contribution in [2.75, 3.05) is 0 Å². The number of aliphatic hydroxyl groups excluding tert-OH is 2. The maximum absolute atomic E-state index is 11.4. The van der Waals surface area contributed by atoms with E-state index in [1.165, 1.54) is 24.3 Å². The Bertz CT molecular complexity index is 1480. The molecule has 8 N–H and O–H groups in total. The topological polar surface area (TPSA) is 171 Å². The number of aromatic amines is 2. The van der Waals surface area contributed by atoms with Crippen LogP contribution in [0.4, 0.5) is 0 Å². The molecule has 10 heteroatoms. The number of hydrogen-bond donors (Lipinski definition) is 8. The lowest BCUT2D eigenvalue weighted by Gasteiger charge is -2.26. The van der Waals surface area contributed by atoms with Gasteiger partial charge in [-0.05, 0) is 48.2 Å². The van der Waals surface area contributed by atoms with Crippen LogP contribution in [0.5, 0.6) is 11.5 Å². The van der Waals surface area contributed by atoms with E-state index in [1.807, 2.05) is 41.5 Å². The molecule has 0 aliphatic heterocycles. The number of H-pyrrole nitrogens is 2. The second kappa shape index (κ2) is 14.5. The van der Waals surface area contributed by atoms with Crippen LogP contribution in [0.2, 0.25) is 0 Å². The summed E-state index contributed by atoms with van der Waals surface area (Å²) in [5, 5.41) is 49.0. The van der Waals surface area contributed by atoms with Crippen molar-refractivity contribution < 1.29 is 20.4 Å². The largest absolute Gasteiger partial charge is 0.506 e. The van der Waals surface area contributed by atoms with Crippen molar-refractivity contribution in [3.8, 4) is 11.5 Å².